The molecule has 1 aliphatic rings. The topological polar surface area (TPSA) is 12.0 Å². The van der Waals surface area contributed by atoms with Crippen LogP contribution in [0.25, 0.3) is 0 Å². The van der Waals surface area contributed by atoms with Gasteiger partial charge in [0.2, 0.25) is 0 Å². The van der Waals surface area contributed by atoms with Crippen molar-refractivity contribution in [3.8, 4) is 0 Å². The smallest absolute Gasteiger partial charge is 0.00233 e. The molecule has 1 aromatic carbocycles. The van der Waals surface area contributed by atoms with Gasteiger partial charge in [0.25, 0.3) is 0 Å². The first-order chi connectivity index (χ1) is 6.27. The van der Waals surface area contributed by atoms with E-state index in [9.17, 15) is 0 Å². The number of hydrogen-bond donors (Lipinski definition) is 1. The van der Waals surface area contributed by atoms with Gasteiger partial charge < -0.3 is 5.32 Å². The van der Waals surface area contributed by atoms with Crippen LogP contribution >= 0.6 is 0 Å². The predicted octanol–water partition coefficient (Wildman–Crippen LogP) is 2.32. The van der Waals surface area contributed by atoms with E-state index in [-0.39, 0.29) is 0 Å². The largest absolute Gasteiger partial charge is 0.316 e. The average molecular weight is 175 g/mol. The van der Waals surface area contributed by atoms with Crippen LogP contribution in [0.5, 0.6) is 0 Å². The fraction of sp³-hybridized carbons (Fsp3) is 0.500. The summed E-state index contributed by atoms with van der Waals surface area (Å²) in [5.41, 5.74) is 2.87. The lowest BCUT2D eigenvalue weighted by Gasteiger charge is -2.14. The van der Waals surface area contributed by atoms with Crippen LogP contribution in [0.1, 0.15) is 24.0 Å². The van der Waals surface area contributed by atoms with Gasteiger partial charge in [-0.25, -0.2) is 0 Å². The van der Waals surface area contributed by atoms with Crippen LogP contribution in [0.15, 0.2) is 24.3 Å². The lowest BCUT2D eigenvalue weighted by atomic mass is 9.90. The van der Waals surface area contributed by atoms with Crippen molar-refractivity contribution in [2.75, 3.05) is 13.1 Å². The Hall–Kier alpha value is -0.820. The van der Waals surface area contributed by atoms with Crippen molar-refractivity contribution in [2.24, 2.45) is 5.92 Å². The second-order valence-electron chi connectivity index (χ2n) is 4.16. The third-order valence-corrected chi connectivity index (χ3v) is 2.99. The van der Waals surface area contributed by atoms with Gasteiger partial charge >= 0.3 is 0 Å². The van der Waals surface area contributed by atoms with Crippen LogP contribution < -0.4 is 5.32 Å². The van der Waals surface area contributed by atoms with E-state index in [0.717, 1.165) is 18.4 Å². The first-order valence-electron chi connectivity index (χ1n) is 5.04. The molecular formula is C12H17N. The van der Waals surface area contributed by atoms with E-state index in [4.69, 9.17) is 0 Å². The zero-order valence-electron chi connectivity index (χ0n) is 8.38. The average Bonchev–Trinajstić information content (AvgIpc) is 2.51. The van der Waals surface area contributed by atoms with Gasteiger partial charge in [0.05, 0.1) is 0 Å². The molecule has 1 fully saturated rings. The summed E-state index contributed by atoms with van der Waals surface area (Å²) in [4.78, 5) is 0. The van der Waals surface area contributed by atoms with E-state index in [1.165, 1.54) is 17.7 Å². The molecule has 1 N–H and O–H groups in total. The maximum Gasteiger partial charge on any atom is 0.00233 e. The highest BCUT2D eigenvalue weighted by molar-refractivity contribution is 5.27. The zero-order chi connectivity index (χ0) is 9.26. The van der Waals surface area contributed by atoms with E-state index in [1.54, 1.807) is 0 Å². The van der Waals surface area contributed by atoms with Crippen molar-refractivity contribution in [3.05, 3.63) is 35.4 Å². The van der Waals surface area contributed by atoms with Gasteiger partial charge in [-0.15, -0.1) is 0 Å². The Morgan fingerprint density at radius 3 is 2.77 bits per heavy atom. The second-order valence-corrected chi connectivity index (χ2v) is 4.16. The molecule has 0 amide bonds. The molecule has 0 aliphatic carbocycles. The van der Waals surface area contributed by atoms with Crippen molar-refractivity contribution < 1.29 is 0 Å². The third kappa shape index (κ3) is 1.75. The molecule has 70 valence electrons. The molecule has 1 heteroatoms. The predicted molar refractivity (Wildman–Crippen MR) is 56.0 cm³/mol. The minimum Gasteiger partial charge on any atom is -0.316 e. The molecule has 0 radical (unpaired) electrons. The summed E-state index contributed by atoms with van der Waals surface area (Å²) in [7, 11) is 0. The molecule has 13 heavy (non-hydrogen) atoms. The second kappa shape index (κ2) is 3.51. The summed E-state index contributed by atoms with van der Waals surface area (Å²) in [5.74, 6) is 1.50. The minimum absolute atomic E-state index is 0.722. The number of nitrogens with one attached hydrogen (secondary N) is 1. The lowest BCUT2D eigenvalue weighted by molar-refractivity contribution is 0.572. The maximum absolute atomic E-state index is 3.44. The van der Waals surface area contributed by atoms with Crippen LogP contribution in [0.4, 0.5) is 0 Å². The molecule has 1 nitrogen and oxygen atoms in total. The highest BCUT2D eigenvalue weighted by Gasteiger charge is 2.24. The first kappa shape index (κ1) is 8.76. The van der Waals surface area contributed by atoms with Crippen LogP contribution in [0, 0.1) is 12.8 Å². The summed E-state index contributed by atoms with van der Waals surface area (Å²) in [5, 5.41) is 3.44. The molecule has 0 saturated carbocycles. The van der Waals surface area contributed by atoms with Crippen LogP contribution in [0.2, 0.25) is 0 Å². The van der Waals surface area contributed by atoms with E-state index >= 15 is 0 Å². The Morgan fingerprint density at radius 2 is 2.15 bits per heavy atom. The summed E-state index contributed by atoms with van der Waals surface area (Å²) >= 11 is 0. The van der Waals surface area contributed by atoms with Gasteiger partial charge in [-0.1, -0.05) is 36.8 Å². The first-order valence-corrected chi connectivity index (χ1v) is 5.04. The number of benzene rings is 1. The van der Waals surface area contributed by atoms with Gasteiger partial charge in [-0.05, 0) is 24.9 Å². The van der Waals surface area contributed by atoms with Gasteiger partial charge in [-0.2, -0.15) is 0 Å². The Kier molecular flexibility index (Phi) is 2.36. The molecule has 0 spiro atoms. The maximum atomic E-state index is 3.44. The fourth-order valence-electron chi connectivity index (χ4n) is 2.16. The summed E-state index contributed by atoms with van der Waals surface area (Å²) in [6, 6.07) is 8.89. The van der Waals surface area contributed by atoms with Crippen molar-refractivity contribution in [3.63, 3.8) is 0 Å². The number of rotatable bonds is 1. The van der Waals surface area contributed by atoms with E-state index in [1.807, 2.05) is 0 Å². The van der Waals surface area contributed by atoms with Gasteiger partial charge in [0.15, 0.2) is 0 Å². The van der Waals surface area contributed by atoms with Crippen molar-refractivity contribution >= 4 is 0 Å². The van der Waals surface area contributed by atoms with E-state index < -0.39 is 0 Å². The van der Waals surface area contributed by atoms with Crippen molar-refractivity contribution in [1.29, 1.82) is 0 Å². The van der Waals surface area contributed by atoms with E-state index in [2.05, 4.69) is 43.4 Å². The summed E-state index contributed by atoms with van der Waals surface area (Å²) in [6.45, 7) is 6.80. The number of aryl methyl sites for hydroxylation is 1. The van der Waals surface area contributed by atoms with Crippen LogP contribution in [-0.4, -0.2) is 13.1 Å². The van der Waals surface area contributed by atoms with Crippen LogP contribution in [0.3, 0.4) is 0 Å². The van der Waals surface area contributed by atoms with Crippen molar-refractivity contribution in [1.82, 2.24) is 5.32 Å². The van der Waals surface area contributed by atoms with Gasteiger partial charge in [-0.3, -0.25) is 0 Å². The van der Waals surface area contributed by atoms with Crippen LogP contribution in [-0.2, 0) is 0 Å². The molecule has 2 rings (SSSR count). The molecule has 1 heterocycles. The molecule has 0 aromatic heterocycles. The standard InChI is InChI=1S/C12H17N/c1-9-4-3-5-11(6-9)12-8-13-7-10(12)2/h3-6,10,12-13H,7-8H2,1-2H3/t10-,12+/m0/s1. The highest BCUT2D eigenvalue weighted by Crippen LogP contribution is 2.27. The summed E-state index contributed by atoms with van der Waals surface area (Å²) < 4.78 is 0. The molecule has 1 aromatic rings. The Balaban J connectivity index is 2.24. The zero-order valence-corrected chi connectivity index (χ0v) is 8.38. The Bertz CT molecular complexity index is 293. The minimum atomic E-state index is 0.722. The SMILES string of the molecule is Cc1cccc([C@@H]2CNC[C@@H]2C)c1. The van der Waals surface area contributed by atoms with E-state index in [0.29, 0.717) is 0 Å². The van der Waals surface area contributed by atoms with Gasteiger partial charge in [0.1, 0.15) is 0 Å². The number of hydrogen-bond acceptors (Lipinski definition) is 1. The lowest BCUT2D eigenvalue weighted by Crippen LogP contribution is -2.08. The molecular weight excluding hydrogens is 158 g/mol. The highest BCUT2D eigenvalue weighted by atomic mass is 14.9. The van der Waals surface area contributed by atoms with Crippen molar-refractivity contribution in [2.45, 2.75) is 19.8 Å². The van der Waals surface area contributed by atoms with Gasteiger partial charge in [0, 0.05) is 12.5 Å². The molecule has 0 bridgehead atoms. The molecule has 1 aliphatic heterocycles. The normalized spacial score (nSPS) is 27.8. The Labute approximate surface area is 80.2 Å². The monoisotopic (exact) mass is 175 g/mol. The molecule has 2 atom stereocenters. The third-order valence-electron chi connectivity index (χ3n) is 2.99. The quantitative estimate of drug-likeness (QED) is 0.690. The fourth-order valence-corrected chi connectivity index (χ4v) is 2.16. The summed E-state index contributed by atoms with van der Waals surface area (Å²) in [6.07, 6.45) is 0. The Morgan fingerprint density at radius 1 is 1.31 bits per heavy atom. The molecule has 0 unspecified atom stereocenters. The molecule has 1 saturated heterocycles.